The number of halogens is 2. The van der Waals surface area contributed by atoms with Gasteiger partial charge in [-0.1, -0.05) is 59.6 Å². The summed E-state index contributed by atoms with van der Waals surface area (Å²) < 4.78 is 16.3. The lowest BCUT2D eigenvalue weighted by Gasteiger charge is -2.43. The topological polar surface area (TPSA) is 117 Å². The van der Waals surface area contributed by atoms with Crippen molar-refractivity contribution in [3.05, 3.63) is 69.3 Å². The Bertz CT molecular complexity index is 1640. The van der Waals surface area contributed by atoms with Gasteiger partial charge in [-0.3, -0.25) is 5.10 Å². The molecule has 40 heavy (non-hydrogen) atoms. The molecule has 1 aliphatic heterocycles. The molecule has 4 aromatic rings. The molecule has 1 fully saturated rings. The average Bonchev–Trinajstić information content (AvgIpc) is 3.49. The van der Waals surface area contributed by atoms with Crippen LogP contribution in [0.5, 0.6) is 0 Å². The van der Waals surface area contributed by atoms with Gasteiger partial charge >= 0.3 is 0 Å². The fourth-order valence-electron chi connectivity index (χ4n) is 5.90. The van der Waals surface area contributed by atoms with Crippen molar-refractivity contribution < 1.29 is 4.55 Å². The summed E-state index contributed by atoms with van der Waals surface area (Å²) in [5.74, 6) is 0.490. The van der Waals surface area contributed by atoms with Crippen LogP contribution in [-0.4, -0.2) is 42.6 Å². The monoisotopic (exact) mass is 593 g/mol. The van der Waals surface area contributed by atoms with Crippen LogP contribution in [0.1, 0.15) is 56.5 Å². The first-order valence-corrected chi connectivity index (χ1v) is 15.1. The Morgan fingerprint density at radius 2 is 1.88 bits per heavy atom. The molecule has 3 heterocycles. The third kappa shape index (κ3) is 4.62. The fraction of sp³-hybridized carbons (Fsp3) is 0.379. The quantitative estimate of drug-likeness (QED) is 0.273. The summed E-state index contributed by atoms with van der Waals surface area (Å²) in [4.78, 5) is 11.6. The zero-order valence-electron chi connectivity index (χ0n) is 22.5. The van der Waals surface area contributed by atoms with Gasteiger partial charge in [0, 0.05) is 35.4 Å². The molecule has 11 heteroatoms. The van der Waals surface area contributed by atoms with Gasteiger partial charge in [-0.15, -0.1) is 4.72 Å². The highest BCUT2D eigenvalue weighted by atomic mass is 35.5. The summed E-state index contributed by atoms with van der Waals surface area (Å²) in [6.45, 7) is 7.41. The maximum absolute atomic E-state index is 13.2. The molecule has 1 saturated heterocycles. The van der Waals surface area contributed by atoms with E-state index in [2.05, 4.69) is 55.1 Å². The maximum Gasteiger partial charge on any atom is 0.228 e. The van der Waals surface area contributed by atoms with Crippen LogP contribution in [0.25, 0.3) is 22.3 Å². The number of nitrogens with one attached hydrogen (secondary N) is 2. The van der Waals surface area contributed by atoms with Crippen LogP contribution >= 0.6 is 23.2 Å². The molecule has 2 aromatic heterocycles. The molecule has 1 aliphatic carbocycles. The lowest BCUT2D eigenvalue weighted by atomic mass is 9.73. The highest BCUT2D eigenvalue weighted by molar-refractivity contribution is 7.90. The maximum atomic E-state index is 13.2. The normalized spacial score (nSPS) is 19.1. The van der Waals surface area contributed by atoms with Crippen molar-refractivity contribution in [2.24, 2.45) is 5.41 Å². The number of rotatable bonds is 4. The molecule has 0 amide bonds. The third-order valence-corrected chi connectivity index (χ3v) is 10.4. The highest BCUT2D eigenvalue weighted by Gasteiger charge is 2.50. The molecule has 6 rings (SSSR count). The average molecular weight is 595 g/mol. The Morgan fingerprint density at radius 1 is 1.12 bits per heavy atom. The number of anilines is 1. The van der Waals surface area contributed by atoms with Crippen LogP contribution < -0.4 is 9.62 Å². The molecular formula is C29H29Cl2N7OS. The molecular weight excluding hydrogens is 565 g/mol. The van der Waals surface area contributed by atoms with E-state index in [1.807, 2.05) is 20.8 Å². The number of nitriles is 1. The second-order valence-corrected chi connectivity index (χ2v) is 14.3. The van der Waals surface area contributed by atoms with Crippen molar-refractivity contribution in [2.75, 3.05) is 18.0 Å². The van der Waals surface area contributed by atoms with Crippen LogP contribution in [-0.2, 0) is 17.8 Å². The first kappa shape index (κ1) is 27.3. The molecule has 2 aliphatic rings. The summed E-state index contributed by atoms with van der Waals surface area (Å²) in [5, 5.41) is 18.7. The molecule has 2 aromatic carbocycles. The molecule has 2 atom stereocenters. The minimum atomic E-state index is -1.20. The van der Waals surface area contributed by atoms with E-state index in [1.165, 1.54) is 11.1 Å². The standard InChI is InChI=1S/C29H29Cl2N7OS/c1-28(2,3)40(39)37-25-18-8-5-4-7-17(18)15-29(25)11-13-38(14-12-29)27-33-21(16-32)22-24(35-36-26(22)34-27)19-9-6-10-20(30)23(19)31/h4-10,25,37H,11-15H2,1-3H3,(H,33,34,35,36)/t25-,40?/m1/s1. The second-order valence-electron chi connectivity index (χ2n) is 11.5. The number of H-pyrrole nitrogens is 1. The van der Waals surface area contributed by atoms with Gasteiger partial charge < -0.3 is 9.45 Å². The summed E-state index contributed by atoms with van der Waals surface area (Å²) in [7, 11) is 0. The molecule has 206 valence electrons. The molecule has 1 spiro atoms. The first-order valence-electron chi connectivity index (χ1n) is 13.2. The lowest BCUT2D eigenvalue weighted by Crippen LogP contribution is -2.50. The smallest absolute Gasteiger partial charge is 0.228 e. The predicted molar refractivity (Wildman–Crippen MR) is 160 cm³/mol. The van der Waals surface area contributed by atoms with E-state index in [1.54, 1.807) is 18.2 Å². The van der Waals surface area contributed by atoms with Crippen LogP contribution in [0.4, 0.5) is 5.95 Å². The van der Waals surface area contributed by atoms with E-state index in [0.717, 1.165) is 19.3 Å². The van der Waals surface area contributed by atoms with Gasteiger partial charge in [0.1, 0.15) is 16.5 Å². The van der Waals surface area contributed by atoms with Crippen molar-refractivity contribution in [2.45, 2.75) is 50.8 Å². The molecule has 2 N–H and O–H groups in total. The first-order chi connectivity index (χ1) is 19.1. The molecule has 1 unspecified atom stereocenters. The second kappa shape index (κ2) is 10.2. The number of nitrogens with zero attached hydrogens (tertiary/aromatic N) is 5. The van der Waals surface area contributed by atoms with Crippen LogP contribution in [0.2, 0.25) is 10.0 Å². The van der Waals surface area contributed by atoms with E-state index in [9.17, 15) is 9.81 Å². The van der Waals surface area contributed by atoms with E-state index in [0.29, 0.717) is 51.4 Å². The van der Waals surface area contributed by atoms with Crippen molar-refractivity contribution in [3.8, 4) is 17.3 Å². The number of aromatic amines is 1. The minimum absolute atomic E-state index is 0.00147. The van der Waals surface area contributed by atoms with E-state index in [4.69, 9.17) is 28.2 Å². The Labute approximate surface area is 246 Å². The summed E-state index contributed by atoms with van der Waals surface area (Å²) in [6.07, 6.45) is 2.68. The van der Waals surface area contributed by atoms with Gasteiger partial charge in [0.15, 0.2) is 11.3 Å². The van der Waals surface area contributed by atoms with Gasteiger partial charge in [-0.25, -0.2) is 4.98 Å². The lowest BCUT2D eigenvalue weighted by molar-refractivity contribution is 0.175. The summed E-state index contributed by atoms with van der Waals surface area (Å²) in [5.41, 5.74) is 4.30. The zero-order valence-corrected chi connectivity index (χ0v) is 24.8. The molecule has 0 bridgehead atoms. The van der Waals surface area contributed by atoms with Gasteiger partial charge in [0.05, 0.1) is 21.5 Å². The van der Waals surface area contributed by atoms with Crippen molar-refractivity contribution in [1.82, 2.24) is 24.9 Å². The number of hydrogen-bond donors (Lipinski definition) is 2. The van der Waals surface area contributed by atoms with Crippen LogP contribution in [0.15, 0.2) is 42.5 Å². The number of benzene rings is 2. The number of aromatic nitrogens is 4. The molecule has 8 nitrogen and oxygen atoms in total. The predicted octanol–water partition coefficient (Wildman–Crippen LogP) is 6.13. The number of hydrogen-bond acceptors (Lipinski definition) is 7. The van der Waals surface area contributed by atoms with Gasteiger partial charge in [-0.2, -0.15) is 15.3 Å². The fourth-order valence-corrected chi connectivity index (χ4v) is 7.24. The Morgan fingerprint density at radius 3 is 2.60 bits per heavy atom. The number of fused-ring (bicyclic) bond motifs is 2. The van der Waals surface area contributed by atoms with E-state index < -0.39 is 11.4 Å². The van der Waals surface area contributed by atoms with Crippen molar-refractivity contribution >= 4 is 51.5 Å². The Balaban J connectivity index is 1.29. The Hall–Kier alpha value is -2.87. The van der Waals surface area contributed by atoms with Crippen molar-refractivity contribution in [3.63, 3.8) is 0 Å². The molecule has 0 radical (unpaired) electrons. The summed E-state index contributed by atoms with van der Waals surface area (Å²) in [6, 6.07) is 16.0. The van der Waals surface area contributed by atoms with Gasteiger partial charge in [0.25, 0.3) is 0 Å². The van der Waals surface area contributed by atoms with Crippen LogP contribution in [0, 0.1) is 16.7 Å². The number of piperidine rings is 1. The largest absolute Gasteiger partial charge is 0.598 e. The third-order valence-electron chi connectivity index (χ3n) is 8.06. The highest BCUT2D eigenvalue weighted by Crippen LogP contribution is 2.53. The summed E-state index contributed by atoms with van der Waals surface area (Å²) >= 11 is 11.5. The van der Waals surface area contributed by atoms with Gasteiger partial charge in [0.2, 0.25) is 5.95 Å². The van der Waals surface area contributed by atoms with E-state index in [-0.39, 0.29) is 21.9 Å². The molecule has 0 saturated carbocycles. The minimum Gasteiger partial charge on any atom is -0.598 e. The van der Waals surface area contributed by atoms with E-state index >= 15 is 0 Å². The van der Waals surface area contributed by atoms with Gasteiger partial charge in [-0.05, 0) is 57.2 Å². The van der Waals surface area contributed by atoms with Crippen molar-refractivity contribution in [1.29, 1.82) is 5.26 Å². The Kier molecular flexibility index (Phi) is 6.96. The zero-order chi connectivity index (χ0) is 28.2. The SMILES string of the molecule is CC(C)(C)[S+]([O-])N[C@@H]1c2ccccc2CC12CCN(c1nc(C#N)c3c(-c4cccc(Cl)c4Cl)n[nH]c3n1)CC2. The van der Waals surface area contributed by atoms with Crippen LogP contribution in [0.3, 0.4) is 0 Å².